The van der Waals surface area contributed by atoms with Gasteiger partial charge in [0.15, 0.2) is 0 Å². The summed E-state index contributed by atoms with van der Waals surface area (Å²) < 4.78 is 34.8. The molecule has 10 heteroatoms. The van der Waals surface area contributed by atoms with Crippen LogP contribution >= 0.6 is 0 Å². The molecule has 0 radical (unpaired) electrons. The van der Waals surface area contributed by atoms with Gasteiger partial charge in [-0.2, -0.15) is 4.31 Å². The van der Waals surface area contributed by atoms with Crippen LogP contribution in [0.2, 0.25) is 0 Å². The SMILES string of the molecule is COCCn1nnc2cc(S(=O)(=O)N3CCCCC3C(=O)NCCC(C)C)ccc21. The Hall–Kier alpha value is -2.04. The summed E-state index contributed by atoms with van der Waals surface area (Å²) in [7, 11) is -2.22. The van der Waals surface area contributed by atoms with E-state index in [1.165, 1.54) is 10.4 Å². The Bertz CT molecular complexity index is 973. The van der Waals surface area contributed by atoms with Crippen molar-refractivity contribution in [3.8, 4) is 0 Å². The van der Waals surface area contributed by atoms with Crippen LogP contribution in [0.25, 0.3) is 11.0 Å². The Morgan fingerprint density at radius 1 is 1.33 bits per heavy atom. The van der Waals surface area contributed by atoms with Gasteiger partial charge in [0.1, 0.15) is 11.6 Å². The number of carbonyl (C=O) groups excluding carboxylic acids is 1. The number of ether oxygens (including phenoxy) is 1. The number of carbonyl (C=O) groups is 1. The molecule has 0 bridgehead atoms. The number of nitrogens with one attached hydrogen (secondary N) is 1. The minimum atomic E-state index is -3.83. The zero-order valence-electron chi connectivity index (χ0n) is 17.9. The van der Waals surface area contributed by atoms with Crippen LogP contribution in [0.4, 0.5) is 0 Å². The molecule has 1 amide bonds. The van der Waals surface area contributed by atoms with E-state index in [9.17, 15) is 13.2 Å². The summed E-state index contributed by atoms with van der Waals surface area (Å²) in [4.78, 5) is 12.9. The molecule has 2 heterocycles. The number of rotatable bonds is 9. The average Bonchev–Trinajstić information content (AvgIpc) is 3.14. The van der Waals surface area contributed by atoms with Crippen LogP contribution in [0.15, 0.2) is 23.1 Å². The smallest absolute Gasteiger partial charge is 0.243 e. The molecule has 1 N–H and O–H groups in total. The standard InChI is InChI=1S/C20H31N5O4S/c1-15(2)9-10-21-20(26)19-6-4-5-11-25(19)30(27,28)16-7-8-18-17(14-16)22-23-24(18)12-13-29-3/h7-8,14-15,19H,4-6,9-13H2,1-3H3,(H,21,26). The Morgan fingerprint density at radius 2 is 2.13 bits per heavy atom. The molecule has 1 saturated heterocycles. The third kappa shape index (κ3) is 4.98. The maximum Gasteiger partial charge on any atom is 0.243 e. The van der Waals surface area contributed by atoms with Crippen molar-refractivity contribution in [1.82, 2.24) is 24.6 Å². The molecule has 2 aromatic rings. The molecule has 30 heavy (non-hydrogen) atoms. The molecular formula is C20H31N5O4S. The van der Waals surface area contributed by atoms with Crippen molar-refractivity contribution in [2.75, 3.05) is 26.8 Å². The van der Waals surface area contributed by atoms with E-state index >= 15 is 0 Å². The Morgan fingerprint density at radius 3 is 2.87 bits per heavy atom. The highest BCUT2D eigenvalue weighted by atomic mass is 32.2. The van der Waals surface area contributed by atoms with Crippen LogP contribution in [0.3, 0.4) is 0 Å². The molecule has 1 atom stereocenters. The van der Waals surface area contributed by atoms with Gasteiger partial charge in [-0.1, -0.05) is 25.5 Å². The highest BCUT2D eigenvalue weighted by Gasteiger charge is 2.37. The van der Waals surface area contributed by atoms with E-state index in [2.05, 4.69) is 29.5 Å². The summed E-state index contributed by atoms with van der Waals surface area (Å²) in [5.74, 6) is 0.256. The van der Waals surface area contributed by atoms with E-state index in [0.29, 0.717) is 44.1 Å². The van der Waals surface area contributed by atoms with Crippen molar-refractivity contribution >= 4 is 27.0 Å². The molecule has 3 rings (SSSR count). The first-order valence-corrected chi connectivity index (χ1v) is 11.9. The van der Waals surface area contributed by atoms with Gasteiger partial charge in [-0.15, -0.1) is 5.10 Å². The van der Waals surface area contributed by atoms with Gasteiger partial charge in [0.2, 0.25) is 15.9 Å². The Balaban J connectivity index is 1.82. The van der Waals surface area contributed by atoms with Crippen molar-refractivity contribution in [3.05, 3.63) is 18.2 Å². The number of hydrogen-bond acceptors (Lipinski definition) is 6. The summed E-state index contributed by atoms with van der Waals surface area (Å²) in [5.41, 5.74) is 1.25. The zero-order valence-corrected chi connectivity index (χ0v) is 18.7. The van der Waals surface area contributed by atoms with E-state index < -0.39 is 16.1 Å². The quantitative estimate of drug-likeness (QED) is 0.641. The average molecular weight is 438 g/mol. The number of aromatic nitrogens is 3. The van der Waals surface area contributed by atoms with E-state index in [4.69, 9.17) is 4.74 Å². The normalized spacial score (nSPS) is 18.2. The first-order chi connectivity index (χ1) is 14.3. The first kappa shape index (κ1) is 22.6. The van der Waals surface area contributed by atoms with E-state index in [-0.39, 0.29) is 10.8 Å². The van der Waals surface area contributed by atoms with Crippen LogP contribution in [0.5, 0.6) is 0 Å². The van der Waals surface area contributed by atoms with Gasteiger partial charge in [-0.05, 0) is 43.4 Å². The fourth-order valence-corrected chi connectivity index (χ4v) is 5.32. The number of sulfonamides is 1. The number of methoxy groups -OCH3 is 1. The zero-order chi connectivity index (χ0) is 21.7. The number of nitrogens with zero attached hydrogens (tertiary/aromatic N) is 4. The van der Waals surface area contributed by atoms with Crippen molar-refractivity contribution in [3.63, 3.8) is 0 Å². The summed E-state index contributed by atoms with van der Waals surface area (Å²) in [6.45, 7) is 6.08. The maximum atomic E-state index is 13.4. The van der Waals surface area contributed by atoms with Gasteiger partial charge >= 0.3 is 0 Å². The van der Waals surface area contributed by atoms with Crippen LogP contribution in [0, 0.1) is 5.92 Å². The third-order valence-electron chi connectivity index (χ3n) is 5.38. The van der Waals surface area contributed by atoms with E-state index in [1.54, 1.807) is 23.9 Å². The topological polar surface area (TPSA) is 106 Å². The van der Waals surface area contributed by atoms with Gasteiger partial charge in [-0.3, -0.25) is 4.79 Å². The van der Waals surface area contributed by atoms with Gasteiger partial charge in [0.05, 0.1) is 23.6 Å². The molecule has 0 saturated carbocycles. The Labute approximate surface area is 177 Å². The van der Waals surface area contributed by atoms with Crippen LogP contribution in [-0.4, -0.2) is 66.5 Å². The second-order valence-electron chi connectivity index (χ2n) is 8.06. The summed E-state index contributed by atoms with van der Waals surface area (Å²) in [6.07, 6.45) is 2.97. The van der Waals surface area contributed by atoms with Gasteiger partial charge in [0, 0.05) is 20.2 Å². The lowest BCUT2D eigenvalue weighted by molar-refractivity contribution is -0.125. The molecule has 9 nitrogen and oxygen atoms in total. The van der Waals surface area contributed by atoms with Gasteiger partial charge in [0.25, 0.3) is 0 Å². The summed E-state index contributed by atoms with van der Waals surface area (Å²) >= 11 is 0. The molecular weight excluding hydrogens is 406 g/mol. The van der Waals surface area contributed by atoms with Crippen molar-refractivity contribution < 1.29 is 17.9 Å². The second kappa shape index (κ2) is 9.84. The lowest BCUT2D eigenvalue weighted by atomic mass is 10.0. The highest BCUT2D eigenvalue weighted by molar-refractivity contribution is 7.89. The molecule has 1 aromatic heterocycles. The van der Waals surface area contributed by atoms with Gasteiger partial charge in [-0.25, -0.2) is 13.1 Å². The number of amides is 1. The third-order valence-corrected chi connectivity index (χ3v) is 7.28. The van der Waals surface area contributed by atoms with Crippen molar-refractivity contribution in [2.45, 2.75) is 57.0 Å². The second-order valence-corrected chi connectivity index (χ2v) is 9.95. The van der Waals surface area contributed by atoms with Crippen molar-refractivity contribution in [2.24, 2.45) is 5.92 Å². The fraction of sp³-hybridized carbons (Fsp3) is 0.650. The lowest BCUT2D eigenvalue weighted by Gasteiger charge is -2.33. The molecule has 1 fully saturated rings. The molecule has 1 aliphatic heterocycles. The summed E-state index contributed by atoms with van der Waals surface area (Å²) in [5, 5.41) is 11.1. The van der Waals surface area contributed by atoms with Crippen LogP contribution in [0.1, 0.15) is 39.5 Å². The first-order valence-electron chi connectivity index (χ1n) is 10.5. The fourth-order valence-electron chi connectivity index (χ4n) is 3.65. The minimum absolute atomic E-state index is 0.135. The van der Waals surface area contributed by atoms with E-state index in [1.807, 2.05) is 0 Å². The maximum absolute atomic E-state index is 13.4. The molecule has 1 unspecified atom stereocenters. The highest BCUT2D eigenvalue weighted by Crippen LogP contribution is 2.27. The largest absolute Gasteiger partial charge is 0.383 e. The minimum Gasteiger partial charge on any atom is -0.383 e. The molecule has 0 spiro atoms. The number of piperidine rings is 1. The monoisotopic (exact) mass is 437 g/mol. The summed E-state index contributed by atoms with van der Waals surface area (Å²) in [6, 6.07) is 4.12. The molecule has 1 aromatic carbocycles. The van der Waals surface area contributed by atoms with Crippen molar-refractivity contribution in [1.29, 1.82) is 0 Å². The Kier molecular flexibility index (Phi) is 7.43. The lowest BCUT2D eigenvalue weighted by Crippen LogP contribution is -2.52. The molecule has 166 valence electrons. The number of fused-ring (bicyclic) bond motifs is 1. The number of benzene rings is 1. The van der Waals surface area contributed by atoms with Crippen LogP contribution in [-0.2, 0) is 26.1 Å². The molecule has 1 aliphatic rings. The predicted octanol–water partition coefficient (Wildman–Crippen LogP) is 1.78. The van der Waals surface area contributed by atoms with Gasteiger partial charge < -0.3 is 10.1 Å². The predicted molar refractivity (Wildman–Crippen MR) is 113 cm³/mol. The number of hydrogen-bond donors (Lipinski definition) is 1. The van der Waals surface area contributed by atoms with E-state index in [0.717, 1.165) is 24.8 Å². The molecule has 0 aliphatic carbocycles. The van der Waals surface area contributed by atoms with Crippen LogP contribution < -0.4 is 5.32 Å².